The second kappa shape index (κ2) is 3.69. The maximum absolute atomic E-state index is 10.7. The number of hydrogen-bond donors (Lipinski definition) is 0. The van der Waals surface area contributed by atoms with Crippen LogP contribution in [0.4, 0.5) is 0 Å². The first-order chi connectivity index (χ1) is 4.70. The molecule has 58 valence electrons. The molecule has 10 heavy (non-hydrogen) atoms. The molecule has 0 radical (unpaired) electrons. The summed E-state index contributed by atoms with van der Waals surface area (Å²) < 4.78 is 0.330. The van der Waals surface area contributed by atoms with Crippen molar-refractivity contribution >= 4 is 26.4 Å². The fourth-order valence-corrected chi connectivity index (χ4v) is 2.30. The van der Waals surface area contributed by atoms with Gasteiger partial charge in [-0.15, -0.1) is 0 Å². The van der Waals surface area contributed by atoms with Crippen LogP contribution in [0, 0.1) is 11.8 Å². The quantitative estimate of drug-likeness (QED) is 0.545. The summed E-state index contributed by atoms with van der Waals surface area (Å²) in [7, 11) is 0. The second-order valence-corrected chi connectivity index (χ2v) is 4.43. The minimum atomic E-state index is 0.330. The van der Waals surface area contributed by atoms with Crippen LogP contribution in [-0.2, 0) is 4.79 Å². The van der Waals surface area contributed by atoms with Gasteiger partial charge in [0.15, 0.2) is 3.79 Å². The van der Waals surface area contributed by atoms with Crippen molar-refractivity contribution in [2.24, 2.45) is 11.8 Å². The van der Waals surface area contributed by atoms with Gasteiger partial charge in [-0.1, -0.05) is 19.8 Å². The van der Waals surface area contributed by atoms with E-state index in [0.717, 1.165) is 12.3 Å². The van der Waals surface area contributed by atoms with Crippen LogP contribution in [0.2, 0.25) is 0 Å². The number of carbonyl (C=O) groups is 1. The predicted molar refractivity (Wildman–Crippen MR) is 50.1 cm³/mol. The van der Waals surface area contributed by atoms with Crippen molar-refractivity contribution in [3.05, 3.63) is 0 Å². The molecule has 0 heterocycles. The standard InChI is InChI=1S/C8H13IO/c1-6-3-2-4-7(6)5-8(9)10/h6-7H,2-5H2,1H3. The van der Waals surface area contributed by atoms with Crippen LogP contribution in [0.15, 0.2) is 0 Å². The smallest absolute Gasteiger partial charge is 0.192 e. The molecule has 1 saturated carbocycles. The third-order valence-electron chi connectivity index (χ3n) is 2.46. The van der Waals surface area contributed by atoms with E-state index in [4.69, 9.17) is 0 Å². The Bertz CT molecular complexity index is 133. The highest BCUT2D eigenvalue weighted by atomic mass is 127. The van der Waals surface area contributed by atoms with E-state index in [1.165, 1.54) is 19.3 Å². The summed E-state index contributed by atoms with van der Waals surface area (Å²) >= 11 is 1.90. The van der Waals surface area contributed by atoms with E-state index in [1.54, 1.807) is 0 Å². The molecular weight excluding hydrogens is 239 g/mol. The molecule has 1 nitrogen and oxygen atoms in total. The molecule has 2 atom stereocenters. The molecule has 2 unspecified atom stereocenters. The Morgan fingerprint density at radius 2 is 2.30 bits per heavy atom. The summed E-state index contributed by atoms with van der Waals surface area (Å²) in [6.45, 7) is 2.26. The molecule has 0 saturated heterocycles. The summed E-state index contributed by atoms with van der Waals surface area (Å²) in [6.07, 6.45) is 4.74. The number of halogens is 1. The third kappa shape index (κ3) is 2.22. The number of hydrogen-bond acceptors (Lipinski definition) is 1. The van der Waals surface area contributed by atoms with Gasteiger partial charge in [-0.3, -0.25) is 4.79 Å². The molecule has 0 amide bonds. The van der Waals surface area contributed by atoms with Crippen molar-refractivity contribution in [1.29, 1.82) is 0 Å². The van der Waals surface area contributed by atoms with Gasteiger partial charge < -0.3 is 0 Å². The van der Waals surface area contributed by atoms with Crippen LogP contribution < -0.4 is 0 Å². The van der Waals surface area contributed by atoms with Crippen LogP contribution in [-0.4, -0.2) is 3.79 Å². The van der Waals surface area contributed by atoms with Gasteiger partial charge in [0.2, 0.25) is 0 Å². The van der Waals surface area contributed by atoms with Crippen LogP contribution in [0.3, 0.4) is 0 Å². The maximum atomic E-state index is 10.7. The minimum Gasteiger partial charge on any atom is -0.288 e. The molecule has 1 fully saturated rings. The lowest BCUT2D eigenvalue weighted by molar-refractivity contribution is -0.110. The zero-order valence-electron chi connectivity index (χ0n) is 6.27. The number of carbonyl (C=O) groups excluding carboxylic acids is 1. The molecule has 1 aliphatic rings. The molecule has 2 heteroatoms. The lowest BCUT2D eigenvalue weighted by Crippen LogP contribution is -2.06. The fraction of sp³-hybridized carbons (Fsp3) is 0.875. The van der Waals surface area contributed by atoms with E-state index in [-0.39, 0.29) is 0 Å². The summed E-state index contributed by atoms with van der Waals surface area (Å²) in [5, 5.41) is 0. The highest BCUT2D eigenvalue weighted by Gasteiger charge is 2.24. The van der Waals surface area contributed by atoms with Gasteiger partial charge >= 0.3 is 0 Å². The van der Waals surface area contributed by atoms with E-state index < -0.39 is 0 Å². The minimum absolute atomic E-state index is 0.330. The van der Waals surface area contributed by atoms with E-state index in [9.17, 15) is 4.79 Å². The Morgan fingerprint density at radius 3 is 2.70 bits per heavy atom. The number of rotatable bonds is 2. The highest BCUT2D eigenvalue weighted by Crippen LogP contribution is 2.34. The van der Waals surface area contributed by atoms with Crippen molar-refractivity contribution in [3.63, 3.8) is 0 Å². The molecule has 0 aromatic heterocycles. The summed E-state index contributed by atoms with van der Waals surface area (Å²) in [6, 6.07) is 0. The van der Waals surface area contributed by atoms with Gasteiger partial charge in [0.05, 0.1) is 0 Å². The first-order valence-electron chi connectivity index (χ1n) is 3.88. The molecular formula is C8H13IO. The average Bonchev–Trinajstić information content (AvgIpc) is 2.15. The highest BCUT2D eigenvalue weighted by molar-refractivity contribution is 14.1. The molecule has 1 aliphatic carbocycles. The van der Waals surface area contributed by atoms with Gasteiger partial charge in [-0.2, -0.15) is 0 Å². The summed E-state index contributed by atoms with van der Waals surface area (Å²) in [5.41, 5.74) is 0. The van der Waals surface area contributed by atoms with Crippen LogP contribution in [0.1, 0.15) is 32.6 Å². The van der Waals surface area contributed by atoms with Crippen LogP contribution in [0.5, 0.6) is 0 Å². The Kier molecular flexibility index (Phi) is 3.14. The van der Waals surface area contributed by atoms with Crippen LogP contribution >= 0.6 is 22.6 Å². The Balaban J connectivity index is 2.33. The van der Waals surface area contributed by atoms with Crippen molar-refractivity contribution in [2.75, 3.05) is 0 Å². The molecule has 0 spiro atoms. The maximum Gasteiger partial charge on any atom is 0.192 e. The molecule has 0 bridgehead atoms. The molecule has 0 N–H and O–H groups in total. The Morgan fingerprint density at radius 1 is 1.60 bits per heavy atom. The van der Waals surface area contributed by atoms with E-state index in [1.807, 2.05) is 22.6 Å². The SMILES string of the molecule is CC1CCCC1CC(=O)I. The monoisotopic (exact) mass is 252 g/mol. The molecule has 0 aromatic carbocycles. The van der Waals surface area contributed by atoms with E-state index in [2.05, 4.69) is 6.92 Å². The second-order valence-electron chi connectivity index (χ2n) is 3.23. The van der Waals surface area contributed by atoms with E-state index >= 15 is 0 Å². The largest absolute Gasteiger partial charge is 0.288 e. The molecule has 0 aromatic rings. The topological polar surface area (TPSA) is 17.1 Å². The van der Waals surface area contributed by atoms with E-state index in [0.29, 0.717) is 9.71 Å². The first kappa shape index (κ1) is 8.50. The third-order valence-corrected chi connectivity index (χ3v) is 2.90. The molecule has 1 rings (SSSR count). The molecule has 0 aliphatic heterocycles. The van der Waals surface area contributed by atoms with Gasteiger partial charge in [0.25, 0.3) is 0 Å². The first-order valence-corrected chi connectivity index (χ1v) is 4.96. The average molecular weight is 252 g/mol. The normalized spacial score (nSPS) is 32.6. The Hall–Kier alpha value is 0.400. The lowest BCUT2D eigenvalue weighted by atomic mass is 9.96. The zero-order chi connectivity index (χ0) is 7.56. The van der Waals surface area contributed by atoms with Gasteiger partial charge in [0.1, 0.15) is 0 Å². The summed E-state index contributed by atoms with van der Waals surface area (Å²) in [5.74, 6) is 1.49. The fourth-order valence-electron chi connectivity index (χ4n) is 1.73. The Labute approximate surface area is 75.7 Å². The van der Waals surface area contributed by atoms with Crippen molar-refractivity contribution < 1.29 is 4.79 Å². The van der Waals surface area contributed by atoms with Gasteiger partial charge in [0, 0.05) is 6.42 Å². The zero-order valence-corrected chi connectivity index (χ0v) is 8.43. The van der Waals surface area contributed by atoms with Gasteiger partial charge in [-0.05, 0) is 40.8 Å². The van der Waals surface area contributed by atoms with Crippen LogP contribution in [0.25, 0.3) is 0 Å². The van der Waals surface area contributed by atoms with Crippen molar-refractivity contribution in [1.82, 2.24) is 0 Å². The lowest BCUT2D eigenvalue weighted by Gasteiger charge is -2.11. The van der Waals surface area contributed by atoms with Crippen molar-refractivity contribution in [2.45, 2.75) is 32.6 Å². The van der Waals surface area contributed by atoms with Crippen molar-refractivity contribution in [3.8, 4) is 0 Å². The van der Waals surface area contributed by atoms with Gasteiger partial charge in [-0.25, -0.2) is 0 Å². The summed E-state index contributed by atoms with van der Waals surface area (Å²) in [4.78, 5) is 10.7. The predicted octanol–water partition coefficient (Wildman–Crippen LogP) is 2.77.